The first-order chi connectivity index (χ1) is 9.31. The van der Waals surface area contributed by atoms with Gasteiger partial charge in [-0.2, -0.15) is 5.10 Å². The predicted molar refractivity (Wildman–Crippen MR) is 74.1 cm³/mol. The first-order valence-electron chi connectivity index (χ1n) is 6.30. The summed E-state index contributed by atoms with van der Waals surface area (Å²) in [6.45, 7) is 1.27. The highest BCUT2D eigenvalue weighted by Crippen LogP contribution is 2.15. The first kappa shape index (κ1) is 13.4. The summed E-state index contributed by atoms with van der Waals surface area (Å²) >= 11 is 0. The molecule has 1 aromatic heterocycles. The number of methoxy groups -OCH3 is 1. The van der Waals surface area contributed by atoms with Crippen LogP contribution in [-0.4, -0.2) is 28.8 Å². The van der Waals surface area contributed by atoms with Crippen molar-refractivity contribution in [2.24, 2.45) is 5.73 Å². The van der Waals surface area contributed by atoms with Gasteiger partial charge in [-0.15, -0.1) is 0 Å². The predicted octanol–water partition coefficient (Wildman–Crippen LogP) is 1.32. The van der Waals surface area contributed by atoms with Gasteiger partial charge >= 0.3 is 0 Å². The van der Waals surface area contributed by atoms with Crippen molar-refractivity contribution < 1.29 is 4.74 Å². The van der Waals surface area contributed by atoms with Crippen LogP contribution in [0.15, 0.2) is 24.3 Å². The smallest absolute Gasteiger partial charge is 0.150 e. The summed E-state index contributed by atoms with van der Waals surface area (Å²) in [5, 5.41) is 10.3. The molecule has 102 valence electrons. The summed E-state index contributed by atoms with van der Waals surface area (Å²) in [6, 6.07) is 7.75. The Morgan fingerprint density at radius 1 is 1.32 bits per heavy atom. The second-order valence-electron chi connectivity index (χ2n) is 4.17. The van der Waals surface area contributed by atoms with E-state index in [1.54, 1.807) is 7.11 Å². The molecule has 0 amide bonds. The molecule has 0 aliphatic carbocycles. The molecule has 0 aliphatic rings. The molecule has 4 N–H and O–H groups in total. The van der Waals surface area contributed by atoms with Gasteiger partial charge in [-0.3, -0.25) is 5.10 Å². The number of anilines is 1. The van der Waals surface area contributed by atoms with Crippen LogP contribution in [-0.2, 0) is 13.0 Å². The lowest BCUT2D eigenvalue weighted by Gasteiger charge is -2.05. The van der Waals surface area contributed by atoms with Gasteiger partial charge in [0.1, 0.15) is 11.6 Å². The minimum absolute atomic E-state index is 0.613. The SMILES string of the molecule is COc1ccc(NCc2nc(CCCN)n[nH]2)cc1. The second kappa shape index (κ2) is 6.75. The van der Waals surface area contributed by atoms with E-state index < -0.39 is 0 Å². The van der Waals surface area contributed by atoms with Crippen molar-refractivity contribution in [2.45, 2.75) is 19.4 Å². The number of hydrogen-bond acceptors (Lipinski definition) is 5. The molecule has 0 unspecified atom stereocenters. The molecule has 6 nitrogen and oxygen atoms in total. The quantitative estimate of drug-likeness (QED) is 0.699. The van der Waals surface area contributed by atoms with Gasteiger partial charge in [0.2, 0.25) is 0 Å². The van der Waals surface area contributed by atoms with Crippen molar-refractivity contribution in [1.82, 2.24) is 15.2 Å². The normalized spacial score (nSPS) is 10.4. The lowest BCUT2D eigenvalue weighted by atomic mass is 10.3. The van der Waals surface area contributed by atoms with Gasteiger partial charge in [-0.25, -0.2) is 4.98 Å². The molecule has 2 rings (SSSR count). The molecule has 1 heterocycles. The fourth-order valence-electron chi connectivity index (χ4n) is 1.68. The van der Waals surface area contributed by atoms with Crippen molar-refractivity contribution >= 4 is 5.69 Å². The van der Waals surface area contributed by atoms with E-state index in [2.05, 4.69) is 20.5 Å². The molecule has 1 aromatic carbocycles. The zero-order chi connectivity index (χ0) is 13.5. The van der Waals surface area contributed by atoms with Gasteiger partial charge in [0, 0.05) is 12.1 Å². The number of benzene rings is 1. The highest BCUT2D eigenvalue weighted by Gasteiger charge is 2.02. The average molecular weight is 261 g/mol. The number of nitrogens with two attached hydrogens (primary N) is 1. The molecule has 2 aromatic rings. The molecular weight excluding hydrogens is 242 g/mol. The minimum Gasteiger partial charge on any atom is -0.497 e. The fraction of sp³-hybridized carbons (Fsp3) is 0.385. The summed E-state index contributed by atoms with van der Waals surface area (Å²) in [5.41, 5.74) is 6.47. The Morgan fingerprint density at radius 3 is 2.79 bits per heavy atom. The van der Waals surface area contributed by atoms with Crippen molar-refractivity contribution in [3.05, 3.63) is 35.9 Å². The van der Waals surface area contributed by atoms with Crippen LogP contribution >= 0.6 is 0 Å². The number of H-pyrrole nitrogens is 1. The highest BCUT2D eigenvalue weighted by atomic mass is 16.5. The summed E-state index contributed by atoms with van der Waals surface area (Å²) in [4.78, 5) is 4.39. The molecule has 0 bridgehead atoms. The lowest BCUT2D eigenvalue weighted by Crippen LogP contribution is -2.02. The molecule has 0 aliphatic heterocycles. The number of aromatic amines is 1. The van der Waals surface area contributed by atoms with Gasteiger partial charge in [-0.1, -0.05) is 0 Å². The van der Waals surface area contributed by atoms with E-state index in [0.29, 0.717) is 13.1 Å². The maximum absolute atomic E-state index is 5.45. The second-order valence-corrected chi connectivity index (χ2v) is 4.17. The van der Waals surface area contributed by atoms with E-state index >= 15 is 0 Å². The largest absolute Gasteiger partial charge is 0.497 e. The van der Waals surface area contributed by atoms with Crippen LogP contribution in [0.4, 0.5) is 5.69 Å². The van der Waals surface area contributed by atoms with E-state index in [-0.39, 0.29) is 0 Å². The van der Waals surface area contributed by atoms with Crippen LogP contribution in [0.3, 0.4) is 0 Å². The van der Waals surface area contributed by atoms with E-state index in [4.69, 9.17) is 10.5 Å². The van der Waals surface area contributed by atoms with Gasteiger partial charge in [-0.05, 0) is 37.2 Å². The third-order valence-electron chi connectivity index (χ3n) is 2.73. The highest BCUT2D eigenvalue weighted by molar-refractivity contribution is 5.46. The summed E-state index contributed by atoms with van der Waals surface area (Å²) in [7, 11) is 1.65. The van der Waals surface area contributed by atoms with Crippen LogP contribution in [0.5, 0.6) is 5.75 Å². The molecule has 0 spiro atoms. The number of ether oxygens (including phenoxy) is 1. The summed E-state index contributed by atoms with van der Waals surface area (Å²) in [6.07, 6.45) is 1.72. The number of aryl methyl sites for hydroxylation is 1. The Kier molecular flexibility index (Phi) is 4.74. The monoisotopic (exact) mass is 261 g/mol. The van der Waals surface area contributed by atoms with E-state index in [9.17, 15) is 0 Å². The molecule has 0 atom stereocenters. The average Bonchev–Trinajstić information content (AvgIpc) is 2.91. The van der Waals surface area contributed by atoms with E-state index in [1.807, 2.05) is 24.3 Å². The topological polar surface area (TPSA) is 88.8 Å². The Hall–Kier alpha value is -2.08. The van der Waals surface area contributed by atoms with Crippen molar-refractivity contribution in [3.63, 3.8) is 0 Å². The zero-order valence-corrected chi connectivity index (χ0v) is 11.0. The lowest BCUT2D eigenvalue weighted by molar-refractivity contribution is 0.415. The first-order valence-corrected chi connectivity index (χ1v) is 6.30. The molecule has 0 fully saturated rings. The van der Waals surface area contributed by atoms with Crippen LogP contribution in [0.25, 0.3) is 0 Å². The van der Waals surface area contributed by atoms with Gasteiger partial charge in [0.25, 0.3) is 0 Å². The fourth-order valence-corrected chi connectivity index (χ4v) is 1.68. The summed E-state index contributed by atoms with van der Waals surface area (Å²) in [5.74, 6) is 2.48. The maximum atomic E-state index is 5.45. The maximum Gasteiger partial charge on any atom is 0.150 e. The molecule has 19 heavy (non-hydrogen) atoms. The van der Waals surface area contributed by atoms with E-state index in [1.165, 1.54) is 0 Å². The number of rotatable bonds is 7. The van der Waals surface area contributed by atoms with Gasteiger partial charge in [0.05, 0.1) is 13.7 Å². The Morgan fingerprint density at radius 2 is 2.11 bits per heavy atom. The van der Waals surface area contributed by atoms with Gasteiger partial charge < -0.3 is 15.8 Å². The number of nitrogens with zero attached hydrogens (tertiary/aromatic N) is 2. The van der Waals surface area contributed by atoms with Crippen molar-refractivity contribution in [3.8, 4) is 5.75 Å². The molecule has 0 saturated heterocycles. The number of aromatic nitrogens is 3. The zero-order valence-electron chi connectivity index (χ0n) is 11.0. The molecule has 0 saturated carbocycles. The van der Waals surface area contributed by atoms with Gasteiger partial charge in [0.15, 0.2) is 5.82 Å². The van der Waals surface area contributed by atoms with Crippen LogP contribution in [0.1, 0.15) is 18.1 Å². The van der Waals surface area contributed by atoms with E-state index in [0.717, 1.165) is 35.9 Å². The van der Waals surface area contributed by atoms with Crippen molar-refractivity contribution in [2.75, 3.05) is 19.0 Å². The summed E-state index contributed by atoms with van der Waals surface area (Å²) < 4.78 is 5.11. The number of nitrogens with one attached hydrogen (secondary N) is 2. The minimum atomic E-state index is 0.613. The van der Waals surface area contributed by atoms with Crippen LogP contribution in [0, 0.1) is 0 Å². The van der Waals surface area contributed by atoms with Crippen LogP contribution < -0.4 is 15.8 Å². The Balaban J connectivity index is 1.85. The standard InChI is InChI=1S/C13H19N5O/c1-19-11-6-4-10(5-7-11)15-9-13-16-12(17-18-13)3-2-8-14/h4-7,15H,2-3,8-9,14H2,1H3,(H,16,17,18). The third kappa shape index (κ3) is 3.96. The molecular formula is C13H19N5O. The van der Waals surface area contributed by atoms with Crippen LogP contribution in [0.2, 0.25) is 0 Å². The number of hydrogen-bond donors (Lipinski definition) is 3. The Bertz CT molecular complexity index is 494. The molecule has 6 heteroatoms. The Labute approximate surface area is 112 Å². The van der Waals surface area contributed by atoms with Crippen molar-refractivity contribution in [1.29, 1.82) is 0 Å². The molecule has 0 radical (unpaired) electrons. The third-order valence-corrected chi connectivity index (χ3v) is 2.73.